The summed E-state index contributed by atoms with van der Waals surface area (Å²) in [6, 6.07) is 102. The number of pyridine rings is 2. The zero-order valence-electron chi connectivity index (χ0n) is 71.4. The molecule has 0 atom stereocenters. The molecular weight excluding hydrogens is 1450 g/mol. The first-order valence-electron chi connectivity index (χ1n) is 45.7. The summed E-state index contributed by atoms with van der Waals surface area (Å²) in [6.45, 7) is 14.2. The molecule has 0 spiro atoms. The van der Waals surface area contributed by atoms with E-state index in [2.05, 4.69) is 343 Å². The number of nitrogens with zero attached hydrogens (tertiary/aromatic N) is 4. The van der Waals surface area contributed by atoms with Gasteiger partial charge in [-0.15, -0.1) is 0 Å². The van der Waals surface area contributed by atoms with E-state index in [0.29, 0.717) is 0 Å². The van der Waals surface area contributed by atoms with Crippen LogP contribution < -0.4 is 0 Å². The molecule has 0 bridgehead atoms. The van der Waals surface area contributed by atoms with Gasteiger partial charge in [0.2, 0.25) is 0 Å². The molecule has 12 aromatic carbocycles. The second-order valence-corrected chi connectivity index (χ2v) is 35.0. The summed E-state index contributed by atoms with van der Waals surface area (Å²) in [4.78, 5) is 10.6. The van der Waals surface area contributed by atoms with Crippen molar-refractivity contribution in [3.05, 3.63) is 323 Å². The van der Waals surface area contributed by atoms with E-state index in [1.807, 2.05) is 0 Å². The topological polar surface area (TPSA) is 64.7 Å². The van der Waals surface area contributed by atoms with Gasteiger partial charge >= 0.3 is 0 Å². The number of rotatable bonds is 34. The summed E-state index contributed by atoms with van der Waals surface area (Å²) in [6.07, 6.45) is 37.2. The Morgan fingerprint density at radius 2 is 0.542 bits per heavy atom. The van der Waals surface area contributed by atoms with Gasteiger partial charge in [-0.05, 0) is 267 Å². The third-order valence-corrected chi connectivity index (χ3v) is 27.5. The smallest absolute Gasteiger partial charge is 0.143 e. The molecule has 5 nitrogen and oxygen atoms in total. The summed E-state index contributed by atoms with van der Waals surface area (Å²) in [5, 5.41) is 11.5. The fraction of sp³-hybridized carbons (Fsp3) is 0.287. The molecule has 0 amide bonds. The molecule has 0 saturated heterocycles. The second kappa shape index (κ2) is 35.3. The van der Waals surface area contributed by atoms with Crippen molar-refractivity contribution >= 4 is 57.1 Å². The monoisotopic (exact) mass is 1570 g/mol. The number of hydrogen-bond donors (Lipinski definition) is 0. The highest BCUT2D eigenvalue weighted by atomic mass is 16.6. The number of hydrogen-bond acceptors (Lipinski definition) is 5. The minimum atomic E-state index is -0.252. The van der Waals surface area contributed by atoms with Crippen molar-refractivity contribution in [3.63, 3.8) is 0 Å². The average Bonchev–Trinajstić information content (AvgIpc) is 1.56. The average molecular weight is 1570 g/mol. The van der Waals surface area contributed by atoms with E-state index in [1.165, 1.54) is 201 Å². The first kappa shape index (κ1) is 79.5. The van der Waals surface area contributed by atoms with Crippen LogP contribution in [0.4, 0.5) is 0 Å². The zero-order valence-corrected chi connectivity index (χ0v) is 71.4. The standard InChI is InChI=1S/C115H114N4O/c1-7-13-17-31-67-114(68-32-18-14-8-2)105-75-85(84-48-58-96-95-57-47-83(79-35-23-21-24-36-79)73-103(95)113(65-11-5,66-12-6)104(96)74-84)49-59-97(105)99-61-51-89(77-107(99)114)101-71-87(46-56-92-54-44-82-40-28-30-42-110(82)117-92)102(72-86(101)45-55-91-53-43-81-39-27-29-41-109(81)116-91)90-52-62-100-98-60-50-88(94-64-63-93(80-37-25-22-26-38-80)111-112(94)119-120-118-111)76-106(98)115(108(100)78-90,69-33-19-15-9-3)70-34-20-16-10-4/h21-30,35-64,71-78H,7-20,31-34,65-70H2,1-6H3/b55-45-,56-46+. The lowest BCUT2D eigenvalue weighted by Crippen LogP contribution is -2.26. The molecule has 3 heterocycles. The summed E-state index contributed by atoms with van der Waals surface area (Å²) < 4.78 is 5.66. The third-order valence-electron chi connectivity index (χ3n) is 27.5. The highest BCUT2D eigenvalue weighted by molar-refractivity contribution is 6.02. The van der Waals surface area contributed by atoms with E-state index in [-0.39, 0.29) is 16.2 Å². The van der Waals surface area contributed by atoms with Crippen molar-refractivity contribution in [2.75, 3.05) is 0 Å². The Labute approximate surface area is 712 Å². The molecule has 0 fully saturated rings. The summed E-state index contributed by atoms with van der Waals surface area (Å²) in [5.74, 6) is 0. The molecule has 3 aliphatic carbocycles. The summed E-state index contributed by atoms with van der Waals surface area (Å²) >= 11 is 0. The molecule has 0 aliphatic heterocycles. The molecule has 0 unspecified atom stereocenters. The van der Waals surface area contributed by atoms with Gasteiger partial charge in [-0.2, -0.15) is 0 Å². The van der Waals surface area contributed by atoms with E-state index in [9.17, 15) is 0 Å². The molecule has 3 aliphatic rings. The molecule has 120 heavy (non-hydrogen) atoms. The number of unbranched alkanes of at least 4 members (excludes halogenated alkanes) is 12. The summed E-state index contributed by atoms with van der Waals surface area (Å²) in [5.41, 5.74) is 38.6. The Morgan fingerprint density at radius 3 is 0.917 bits per heavy atom. The highest BCUT2D eigenvalue weighted by Gasteiger charge is 2.46. The molecule has 15 aromatic rings. The van der Waals surface area contributed by atoms with Gasteiger partial charge in [0, 0.05) is 38.1 Å². The molecule has 600 valence electrons. The Hall–Kier alpha value is -11.7. The molecule has 5 heteroatoms. The number of para-hydroxylation sites is 2. The van der Waals surface area contributed by atoms with Gasteiger partial charge in [-0.25, -0.2) is 14.6 Å². The maximum atomic E-state index is 5.66. The van der Waals surface area contributed by atoms with E-state index < -0.39 is 0 Å². The maximum absolute atomic E-state index is 5.66. The Balaban J connectivity index is 0.816. The number of fused-ring (bicyclic) bond motifs is 12. The van der Waals surface area contributed by atoms with Gasteiger partial charge in [0.15, 0.2) is 0 Å². The minimum Gasteiger partial charge on any atom is -0.248 e. The first-order valence-corrected chi connectivity index (χ1v) is 45.7. The Morgan fingerprint density at radius 1 is 0.233 bits per heavy atom. The summed E-state index contributed by atoms with van der Waals surface area (Å²) in [7, 11) is 0. The second-order valence-electron chi connectivity index (χ2n) is 35.0. The molecule has 0 saturated carbocycles. The Kier molecular flexibility index (Phi) is 23.4. The van der Waals surface area contributed by atoms with Crippen LogP contribution in [0.15, 0.2) is 272 Å². The predicted octanol–water partition coefficient (Wildman–Crippen LogP) is 32.9. The van der Waals surface area contributed by atoms with E-state index in [1.54, 1.807) is 0 Å². The van der Waals surface area contributed by atoms with Crippen molar-refractivity contribution in [2.45, 2.75) is 212 Å². The van der Waals surface area contributed by atoms with E-state index >= 15 is 0 Å². The number of benzene rings is 12. The first-order chi connectivity index (χ1) is 59.2. The van der Waals surface area contributed by atoms with Crippen LogP contribution in [0.5, 0.6) is 0 Å². The zero-order chi connectivity index (χ0) is 81.6. The Bertz CT molecular complexity index is 6260. The lowest BCUT2D eigenvalue weighted by Gasteiger charge is -2.34. The van der Waals surface area contributed by atoms with Crippen LogP contribution >= 0.6 is 0 Å². The van der Waals surface area contributed by atoms with Crippen LogP contribution in [-0.4, -0.2) is 20.3 Å². The van der Waals surface area contributed by atoms with Gasteiger partial charge in [-0.3, -0.25) is 0 Å². The van der Waals surface area contributed by atoms with Crippen molar-refractivity contribution in [1.82, 2.24) is 20.3 Å². The van der Waals surface area contributed by atoms with E-state index in [4.69, 9.17) is 14.6 Å². The van der Waals surface area contributed by atoms with Crippen molar-refractivity contribution in [3.8, 4) is 100 Å². The van der Waals surface area contributed by atoms with Crippen molar-refractivity contribution in [1.29, 1.82) is 0 Å². The minimum absolute atomic E-state index is 0.0714. The predicted molar refractivity (Wildman–Crippen MR) is 509 cm³/mol. The molecule has 0 N–H and O–H groups in total. The quantitative estimate of drug-likeness (QED) is 0.0376. The third kappa shape index (κ3) is 15.1. The molecule has 0 radical (unpaired) electrons. The van der Waals surface area contributed by atoms with Crippen LogP contribution in [0, 0.1) is 0 Å². The van der Waals surface area contributed by atoms with Gasteiger partial charge in [-0.1, -0.05) is 363 Å². The van der Waals surface area contributed by atoms with Crippen LogP contribution in [0.1, 0.15) is 252 Å². The van der Waals surface area contributed by atoms with Crippen LogP contribution in [-0.2, 0) is 16.2 Å². The van der Waals surface area contributed by atoms with Crippen molar-refractivity contribution < 1.29 is 4.63 Å². The van der Waals surface area contributed by atoms with E-state index in [0.717, 1.165) is 142 Å². The maximum Gasteiger partial charge on any atom is 0.143 e. The molecular formula is C115H114N4O. The van der Waals surface area contributed by atoms with Crippen LogP contribution in [0.2, 0.25) is 0 Å². The van der Waals surface area contributed by atoms with Crippen molar-refractivity contribution in [2.24, 2.45) is 0 Å². The normalized spacial score (nSPS) is 13.8. The highest BCUT2D eigenvalue weighted by Crippen LogP contribution is 2.60. The molecule has 18 rings (SSSR count). The molecule has 3 aromatic heterocycles. The van der Waals surface area contributed by atoms with Gasteiger partial charge < -0.3 is 0 Å². The van der Waals surface area contributed by atoms with Crippen LogP contribution in [0.25, 0.3) is 157 Å². The largest absolute Gasteiger partial charge is 0.248 e. The fourth-order valence-corrected chi connectivity index (χ4v) is 21.5. The van der Waals surface area contributed by atoms with Gasteiger partial charge in [0.05, 0.1) is 22.4 Å². The van der Waals surface area contributed by atoms with Crippen LogP contribution in [0.3, 0.4) is 0 Å². The number of aromatic nitrogens is 4. The lowest BCUT2D eigenvalue weighted by atomic mass is 9.69. The van der Waals surface area contributed by atoms with Gasteiger partial charge in [0.25, 0.3) is 0 Å². The SMILES string of the molecule is CCCCCCC1(CCCCCC)c2cc(-c3ccc4c(c3)C(CCC)(CCC)c3cc(-c5ccccc5)ccc3-4)ccc2-c2ccc(-c3cc(/C=C/c4ccc5ccccc5n4)c(-c4ccc5c(c4)C(CCCCCC)(CCCCCC)c4cc(-c6ccc(-c7ccccc7)c7nonc67)ccc4-5)cc3/C=C\c3ccc4ccccc4n3)cc21. The fourth-order valence-electron chi connectivity index (χ4n) is 21.5. The van der Waals surface area contributed by atoms with Gasteiger partial charge in [0.1, 0.15) is 11.0 Å². The lowest BCUT2D eigenvalue weighted by molar-refractivity contribution is 0.315.